The SMILES string of the molecule is N#CCc1cccc2cc3c(CC#N)cccc3cc12. The van der Waals surface area contributed by atoms with Gasteiger partial charge in [-0.1, -0.05) is 36.4 Å². The average Bonchev–Trinajstić information content (AvgIpc) is 2.47. The Morgan fingerprint density at radius 1 is 0.700 bits per heavy atom. The summed E-state index contributed by atoms with van der Waals surface area (Å²) in [6, 6.07) is 20.7. The van der Waals surface area contributed by atoms with Crippen molar-refractivity contribution < 1.29 is 0 Å². The Kier molecular flexibility index (Phi) is 3.07. The summed E-state index contributed by atoms with van der Waals surface area (Å²) in [6.07, 6.45) is 0.835. The van der Waals surface area contributed by atoms with Crippen molar-refractivity contribution in [2.75, 3.05) is 0 Å². The molecular weight excluding hydrogens is 244 g/mol. The lowest BCUT2D eigenvalue weighted by molar-refractivity contribution is 1.28. The predicted molar refractivity (Wildman–Crippen MR) is 80.1 cm³/mol. The number of hydrogen-bond donors (Lipinski definition) is 0. The summed E-state index contributed by atoms with van der Waals surface area (Å²) in [5, 5.41) is 22.3. The maximum Gasteiger partial charge on any atom is 0.0669 e. The van der Waals surface area contributed by atoms with Crippen LogP contribution >= 0.6 is 0 Å². The smallest absolute Gasteiger partial charge is 0.0669 e. The van der Waals surface area contributed by atoms with Gasteiger partial charge in [0.15, 0.2) is 0 Å². The summed E-state index contributed by atoms with van der Waals surface area (Å²) in [4.78, 5) is 0. The van der Waals surface area contributed by atoms with Crippen molar-refractivity contribution in [1.82, 2.24) is 0 Å². The molecule has 0 atom stereocenters. The van der Waals surface area contributed by atoms with Crippen molar-refractivity contribution in [3.63, 3.8) is 0 Å². The minimum Gasteiger partial charge on any atom is -0.198 e. The van der Waals surface area contributed by atoms with Crippen LogP contribution in [0.5, 0.6) is 0 Å². The zero-order valence-corrected chi connectivity index (χ0v) is 10.9. The van der Waals surface area contributed by atoms with Gasteiger partial charge in [0, 0.05) is 0 Å². The van der Waals surface area contributed by atoms with Gasteiger partial charge in [-0.2, -0.15) is 10.5 Å². The van der Waals surface area contributed by atoms with Gasteiger partial charge in [0.2, 0.25) is 0 Å². The van der Waals surface area contributed by atoms with Crippen molar-refractivity contribution in [2.24, 2.45) is 0 Å². The monoisotopic (exact) mass is 256 g/mol. The number of benzene rings is 3. The van der Waals surface area contributed by atoms with Crippen molar-refractivity contribution >= 4 is 21.5 Å². The second kappa shape index (κ2) is 5.03. The third-order valence-corrected chi connectivity index (χ3v) is 3.60. The Morgan fingerprint density at radius 2 is 1.15 bits per heavy atom. The first-order chi connectivity index (χ1) is 9.83. The van der Waals surface area contributed by atoms with Gasteiger partial charge in [-0.15, -0.1) is 0 Å². The molecule has 0 aliphatic carbocycles. The van der Waals surface area contributed by atoms with Crippen LogP contribution in [0.4, 0.5) is 0 Å². The zero-order valence-electron chi connectivity index (χ0n) is 10.9. The molecular formula is C18H12N2. The van der Waals surface area contributed by atoms with Crippen LogP contribution in [0.3, 0.4) is 0 Å². The molecule has 2 heteroatoms. The molecule has 3 aromatic carbocycles. The maximum atomic E-state index is 8.92. The normalized spacial score (nSPS) is 10.3. The molecule has 2 nitrogen and oxygen atoms in total. The van der Waals surface area contributed by atoms with Crippen LogP contribution in [0, 0.1) is 22.7 Å². The first-order valence-corrected chi connectivity index (χ1v) is 6.50. The summed E-state index contributed by atoms with van der Waals surface area (Å²) in [7, 11) is 0. The van der Waals surface area contributed by atoms with E-state index in [4.69, 9.17) is 10.5 Å². The van der Waals surface area contributed by atoms with Gasteiger partial charge >= 0.3 is 0 Å². The largest absolute Gasteiger partial charge is 0.198 e. The Balaban J connectivity index is 2.35. The van der Waals surface area contributed by atoms with E-state index in [-0.39, 0.29) is 0 Å². The van der Waals surface area contributed by atoms with Crippen LogP contribution in [0.2, 0.25) is 0 Å². The fourth-order valence-corrected chi connectivity index (χ4v) is 2.66. The molecule has 0 aliphatic heterocycles. The summed E-state index contributed by atoms with van der Waals surface area (Å²) < 4.78 is 0. The maximum absolute atomic E-state index is 8.92. The summed E-state index contributed by atoms with van der Waals surface area (Å²) in [5.74, 6) is 0. The van der Waals surface area contributed by atoms with E-state index in [0.717, 1.165) is 32.7 Å². The molecule has 0 amide bonds. The second-order valence-electron chi connectivity index (χ2n) is 4.80. The van der Waals surface area contributed by atoms with Crippen LogP contribution in [-0.4, -0.2) is 0 Å². The van der Waals surface area contributed by atoms with Crippen LogP contribution in [0.25, 0.3) is 21.5 Å². The van der Waals surface area contributed by atoms with Gasteiger partial charge in [-0.3, -0.25) is 0 Å². The fourth-order valence-electron chi connectivity index (χ4n) is 2.66. The molecule has 20 heavy (non-hydrogen) atoms. The first kappa shape index (κ1) is 12.2. The number of nitriles is 2. The molecule has 0 N–H and O–H groups in total. The third-order valence-electron chi connectivity index (χ3n) is 3.60. The highest BCUT2D eigenvalue weighted by atomic mass is 14.2. The lowest BCUT2D eigenvalue weighted by Crippen LogP contribution is -1.88. The van der Waals surface area contributed by atoms with Gasteiger partial charge in [-0.05, 0) is 44.8 Å². The second-order valence-corrected chi connectivity index (χ2v) is 4.80. The Labute approximate surface area is 117 Å². The number of hydrogen-bond acceptors (Lipinski definition) is 2. The predicted octanol–water partition coefficient (Wildman–Crippen LogP) is 4.13. The standard InChI is InChI=1S/C18H12N2/c19-9-7-13-3-1-5-15-11-18-14(8-10-20)4-2-6-16(18)12-17(13)15/h1-6,11-12H,7-8H2. The molecule has 0 saturated carbocycles. The van der Waals surface area contributed by atoms with Crippen molar-refractivity contribution in [3.8, 4) is 12.1 Å². The molecule has 3 aromatic rings. The number of nitrogens with zero attached hydrogens (tertiary/aromatic N) is 2. The molecule has 0 saturated heterocycles. The molecule has 0 bridgehead atoms. The quantitative estimate of drug-likeness (QED) is 0.647. The minimum atomic E-state index is 0.417. The Bertz CT molecular complexity index is 804. The molecule has 0 heterocycles. The topological polar surface area (TPSA) is 47.6 Å². The third kappa shape index (κ3) is 1.98. The molecule has 0 radical (unpaired) electrons. The summed E-state index contributed by atoms with van der Waals surface area (Å²) in [5.41, 5.74) is 2.11. The lowest BCUT2D eigenvalue weighted by Gasteiger charge is -2.08. The van der Waals surface area contributed by atoms with Crippen molar-refractivity contribution in [2.45, 2.75) is 12.8 Å². The molecule has 94 valence electrons. The van der Waals surface area contributed by atoms with Crippen molar-refractivity contribution in [3.05, 3.63) is 59.7 Å². The molecule has 3 rings (SSSR count). The Hall–Kier alpha value is -2.84. The highest BCUT2D eigenvalue weighted by Crippen LogP contribution is 2.28. The van der Waals surface area contributed by atoms with E-state index in [1.54, 1.807) is 0 Å². The van der Waals surface area contributed by atoms with Gasteiger partial charge in [0.1, 0.15) is 0 Å². The highest BCUT2D eigenvalue weighted by molar-refractivity contribution is 6.01. The molecule has 0 spiro atoms. The van der Waals surface area contributed by atoms with Crippen LogP contribution in [0.15, 0.2) is 48.5 Å². The average molecular weight is 256 g/mol. The first-order valence-electron chi connectivity index (χ1n) is 6.50. The van der Waals surface area contributed by atoms with Gasteiger partial charge < -0.3 is 0 Å². The molecule has 0 fully saturated rings. The van der Waals surface area contributed by atoms with E-state index in [1.165, 1.54) is 0 Å². The number of rotatable bonds is 2. The van der Waals surface area contributed by atoms with Crippen LogP contribution in [-0.2, 0) is 12.8 Å². The van der Waals surface area contributed by atoms with Crippen molar-refractivity contribution in [1.29, 1.82) is 10.5 Å². The highest BCUT2D eigenvalue weighted by Gasteiger charge is 2.05. The van der Waals surface area contributed by atoms with Crippen LogP contribution in [0.1, 0.15) is 11.1 Å². The van der Waals surface area contributed by atoms with Crippen LogP contribution < -0.4 is 0 Å². The fraction of sp³-hybridized carbons (Fsp3) is 0.111. The van der Waals surface area contributed by atoms with Gasteiger partial charge in [-0.25, -0.2) is 0 Å². The van der Waals surface area contributed by atoms with E-state index in [1.807, 2.05) is 24.3 Å². The van der Waals surface area contributed by atoms with Gasteiger partial charge in [0.05, 0.1) is 25.0 Å². The van der Waals surface area contributed by atoms with Gasteiger partial charge in [0.25, 0.3) is 0 Å². The molecule has 0 unspecified atom stereocenters. The van der Waals surface area contributed by atoms with E-state index in [0.29, 0.717) is 12.8 Å². The van der Waals surface area contributed by atoms with E-state index < -0.39 is 0 Å². The van der Waals surface area contributed by atoms with E-state index in [9.17, 15) is 0 Å². The summed E-state index contributed by atoms with van der Waals surface area (Å²) >= 11 is 0. The Morgan fingerprint density at radius 3 is 1.55 bits per heavy atom. The minimum absolute atomic E-state index is 0.417. The molecule has 0 aliphatic rings. The summed E-state index contributed by atoms with van der Waals surface area (Å²) in [6.45, 7) is 0. The van der Waals surface area contributed by atoms with E-state index in [2.05, 4.69) is 36.4 Å². The number of fused-ring (bicyclic) bond motifs is 2. The lowest BCUT2D eigenvalue weighted by atomic mass is 9.95. The zero-order chi connectivity index (χ0) is 13.9. The molecule has 0 aromatic heterocycles. The van der Waals surface area contributed by atoms with E-state index >= 15 is 0 Å².